The minimum Gasteiger partial charge on any atom is -0.504 e. The molecule has 0 spiro atoms. The number of hydrogen-bond donors (Lipinski definition) is 3. The molecule has 0 radical (unpaired) electrons. The first-order valence-corrected chi connectivity index (χ1v) is 15.0. The van der Waals surface area contributed by atoms with Gasteiger partial charge in [-0.15, -0.1) is 0 Å². The summed E-state index contributed by atoms with van der Waals surface area (Å²) in [6.45, 7) is 18.7. The molecule has 2 fully saturated rings. The molecule has 0 bridgehead atoms. The Balaban J connectivity index is 0.000000696. The summed E-state index contributed by atoms with van der Waals surface area (Å²) >= 11 is 0. The standard InChI is InChI=1S/C24H34FN5O.C4H5NO2.2C2H6/c1-3-20-17-29(24-23(31)14-19(26-2)15-27-24)12-13-30(20)21-8-10-28(11-9-21)16-18-6-4-5-7-22(18)25;1-3(5)4(7)2-6;2*1-2/h4-7,14-15,20-21,26,31H,3,8-13,16-17H2,1-2H3;2H,1,5H2;2*1-2H3. The molecule has 1 unspecified atom stereocenters. The maximum Gasteiger partial charge on any atom is 0.240 e. The van der Waals surface area contributed by atoms with Crippen LogP contribution in [0.2, 0.25) is 0 Å². The molecule has 10 heteroatoms. The van der Waals surface area contributed by atoms with Gasteiger partial charge in [0.15, 0.2) is 17.9 Å². The van der Waals surface area contributed by atoms with Crippen LogP contribution in [0.25, 0.3) is 0 Å². The van der Waals surface area contributed by atoms with E-state index in [0.29, 0.717) is 24.4 Å². The molecule has 42 heavy (non-hydrogen) atoms. The lowest BCUT2D eigenvalue weighted by Gasteiger charge is -2.47. The van der Waals surface area contributed by atoms with Gasteiger partial charge < -0.3 is 21.1 Å². The molecule has 3 heterocycles. The van der Waals surface area contributed by atoms with Gasteiger partial charge in [0.1, 0.15) is 5.82 Å². The number of nitrogens with two attached hydrogens (primary N) is 1. The average Bonchev–Trinajstić information content (AvgIpc) is 3.04. The number of carbonyl (C=O) groups excluding carboxylic acids is 2. The maximum atomic E-state index is 14.0. The predicted molar refractivity (Wildman–Crippen MR) is 170 cm³/mol. The van der Waals surface area contributed by atoms with Crippen molar-refractivity contribution in [1.29, 1.82) is 0 Å². The number of halogens is 1. The highest BCUT2D eigenvalue weighted by Crippen LogP contribution is 2.31. The van der Waals surface area contributed by atoms with Crippen molar-refractivity contribution in [3.05, 3.63) is 60.2 Å². The Labute approximate surface area is 251 Å². The van der Waals surface area contributed by atoms with Crippen molar-refractivity contribution < 1.29 is 19.1 Å². The highest BCUT2D eigenvalue weighted by atomic mass is 19.1. The Morgan fingerprint density at radius 2 is 1.81 bits per heavy atom. The summed E-state index contributed by atoms with van der Waals surface area (Å²) in [6.07, 6.45) is 5.20. The first kappa shape index (κ1) is 36.5. The molecule has 1 aromatic heterocycles. The van der Waals surface area contributed by atoms with Gasteiger partial charge in [0, 0.05) is 56.9 Å². The Morgan fingerprint density at radius 3 is 2.31 bits per heavy atom. The Bertz CT molecular complexity index is 1110. The summed E-state index contributed by atoms with van der Waals surface area (Å²) in [5.41, 5.74) is 6.16. The lowest BCUT2D eigenvalue weighted by molar-refractivity contribution is -0.127. The number of anilines is 2. The third-order valence-corrected chi connectivity index (χ3v) is 7.24. The molecule has 0 saturated carbocycles. The van der Waals surface area contributed by atoms with Crippen molar-refractivity contribution in [1.82, 2.24) is 14.8 Å². The smallest absolute Gasteiger partial charge is 0.240 e. The third-order valence-electron chi connectivity index (χ3n) is 7.24. The van der Waals surface area contributed by atoms with Gasteiger partial charge >= 0.3 is 0 Å². The monoisotopic (exact) mass is 586 g/mol. The molecule has 2 aliphatic rings. The van der Waals surface area contributed by atoms with Crippen LogP contribution in [-0.4, -0.2) is 83.8 Å². The number of pyridine rings is 1. The third kappa shape index (κ3) is 10.7. The van der Waals surface area contributed by atoms with E-state index in [1.807, 2.05) is 46.9 Å². The van der Waals surface area contributed by atoms with Crippen molar-refractivity contribution in [3.63, 3.8) is 0 Å². The molecule has 0 aliphatic carbocycles. The first-order valence-electron chi connectivity index (χ1n) is 15.0. The van der Waals surface area contributed by atoms with Crippen LogP contribution in [0.5, 0.6) is 5.75 Å². The van der Waals surface area contributed by atoms with E-state index < -0.39 is 5.78 Å². The van der Waals surface area contributed by atoms with Crippen LogP contribution in [-0.2, 0) is 16.1 Å². The maximum absolute atomic E-state index is 14.0. The number of carbonyl (C=O) groups is 2. The molecule has 9 nitrogen and oxygen atoms in total. The van der Waals surface area contributed by atoms with Gasteiger partial charge in [0.05, 0.1) is 17.6 Å². The summed E-state index contributed by atoms with van der Waals surface area (Å²) in [6, 6.07) is 9.85. The van der Waals surface area contributed by atoms with Gasteiger partial charge in [-0.25, -0.2) is 9.37 Å². The fourth-order valence-electron chi connectivity index (χ4n) is 5.08. The van der Waals surface area contributed by atoms with Crippen molar-refractivity contribution in [2.45, 2.75) is 72.5 Å². The Morgan fingerprint density at radius 1 is 1.17 bits per heavy atom. The van der Waals surface area contributed by atoms with E-state index in [4.69, 9.17) is 5.73 Å². The number of piperidine rings is 1. The number of hydrogen-bond acceptors (Lipinski definition) is 9. The summed E-state index contributed by atoms with van der Waals surface area (Å²) < 4.78 is 14.0. The van der Waals surface area contributed by atoms with E-state index in [9.17, 15) is 19.1 Å². The average molecular weight is 587 g/mol. The molecule has 234 valence electrons. The molecular formula is C32H51FN6O3. The molecule has 2 saturated heterocycles. The van der Waals surface area contributed by atoms with Gasteiger partial charge in [-0.3, -0.25) is 19.4 Å². The van der Waals surface area contributed by atoms with E-state index in [-0.39, 0.29) is 23.5 Å². The predicted octanol–water partition coefficient (Wildman–Crippen LogP) is 4.81. The number of nitrogens with zero attached hydrogens (tertiary/aromatic N) is 4. The van der Waals surface area contributed by atoms with Crippen molar-refractivity contribution in [2.75, 3.05) is 50.0 Å². The van der Waals surface area contributed by atoms with Crippen LogP contribution in [0.4, 0.5) is 15.9 Å². The minimum atomic E-state index is -0.750. The zero-order valence-electron chi connectivity index (χ0n) is 26.3. The second-order valence-electron chi connectivity index (χ2n) is 9.67. The molecular weight excluding hydrogens is 535 g/mol. The number of likely N-dealkylation sites (tertiary alicyclic amines) is 1. The molecule has 4 N–H and O–H groups in total. The molecule has 4 rings (SSSR count). The summed E-state index contributed by atoms with van der Waals surface area (Å²) in [4.78, 5) is 31.1. The zero-order chi connectivity index (χ0) is 31.7. The lowest BCUT2D eigenvalue weighted by Crippen LogP contribution is -2.58. The van der Waals surface area contributed by atoms with E-state index in [2.05, 4.69) is 38.5 Å². The first-order chi connectivity index (χ1) is 20.3. The molecule has 2 aliphatic heterocycles. The van der Waals surface area contributed by atoms with Crippen molar-refractivity contribution >= 4 is 23.6 Å². The quantitative estimate of drug-likeness (QED) is 0.228. The normalized spacial score (nSPS) is 17.3. The fourth-order valence-corrected chi connectivity index (χ4v) is 5.08. The lowest BCUT2D eigenvalue weighted by atomic mass is 9.97. The number of rotatable bonds is 8. The van der Waals surface area contributed by atoms with Gasteiger partial charge in [-0.1, -0.05) is 59.4 Å². The van der Waals surface area contributed by atoms with Crippen molar-refractivity contribution in [2.24, 2.45) is 5.73 Å². The largest absolute Gasteiger partial charge is 0.504 e. The second kappa shape index (κ2) is 19.6. The highest BCUT2D eigenvalue weighted by Gasteiger charge is 2.34. The van der Waals surface area contributed by atoms with Gasteiger partial charge in [0.2, 0.25) is 5.78 Å². The fraction of sp³-hybridized carbons (Fsp3) is 0.531. The van der Waals surface area contributed by atoms with Crippen molar-refractivity contribution in [3.8, 4) is 5.75 Å². The van der Waals surface area contributed by atoms with Gasteiger partial charge in [-0.2, -0.15) is 0 Å². The highest BCUT2D eigenvalue weighted by molar-refractivity contribution is 6.32. The van der Waals surface area contributed by atoms with Gasteiger partial charge in [0.25, 0.3) is 0 Å². The van der Waals surface area contributed by atoms with Crippen LogP contribution in [0.1, 0.15) is 59.4 Å². The number of Topliss-reactive ketones (excluding diaryl/α,β-unsaturated/α-hetero) is 1. The molecule has 0 amide bonds. The molecule has 2 aromatic rings. The summed E-state index contributed by atoms with van der Waals surface area (Å²) in [5.74, 6) is 0.0554. The van der Waals surface area contributed by atoms with Crippen LogP contribution in [0, 0.1) is 5.82 Å². The van der Waals surface area contributed by atoms with E-state index >= 15 is 0 Å². The van der Waals surface area contributed by atoms with Crippen LogP contribution < -0.4 is 16.0 Å². The van der Waals surface area contributed by atoms with Crippen LogP contribution in [0.15, 0.2) is 48.8 Å². The minimum absolute atomic E-state index is 0.105. The number of aromatic hydroxyl groups is 1. The van der Waals surface area contributed by atoms with E-state index in [0.717, 1.165) is 63.2 Å². The zero-order valence-corrected chi connectivity index (χ0v) is 26.3. The number of aldehydes is 1. The van der Waals surface area contributed by atoms with E-state index in [1.165, 1.54) is 0 Å². The van der Waals surface area contributed by atoms with Crippen LogP contribution in [0.3, 0.4) is 0 Å². The van der Waals surface area contributed by atoms with E-state index in [1.54, 1.807) is 24.4 Å². The number of aromatic nitrogens is 1. The summed E-state index contributed by atoms with van der Waals surface area (Å²) in [7, 11) is 1.82. The van der Waals surface area contributed by atoms with Crippen LogP contribution >= 0.6 is 0 Å². The second-order valence-corrected chi connectivity index (χ2v) is 9.67. The number of benzene rings is 1. The molecule has 1 aromatic carbocycles. The summed E-state index contributed by atoms with van der Waals surface area (Å²) in [5, 5.41) is 13.4. The Hall–Kier alpha value is -3.50. The number of nitrogens with one attached hydrogen (secondary N) is 1. The van der Waals surface area contributed by atoms with Gasteiger partial charge in [-0.05, 0) is 38.4 Å². The topological polar surface area (TPSA) is 115 Å². The SMILES string of the molecule is C=C(N)C(=O)C=O.CC.CC.CCC1CN(c2ncc(NC)cc2O)CCN1C1CCN(Cc2ccccc2F)CC1. The number of ketones is 1. The number of allylic oxidation sites excluding steroid dienone is 1. The number of piperazine rings is 1. The molecule has 1 atom stereocenters. The Kier molecular flexibility index (Phi) is 17.0.